The van der Waals surface area contributed by atoms with E-state index in [0.29, 0.717) is 0 Å². The maximum atomic E-state index is 13.7. The van der Waals surface area contributed by atoms with Crippen molar-refractivity contribution in [3.8, 4) is 0 Å². The molecule has 0 amide bonds. The van der Waals surface area contributed by atoms with Crippen LogP contribution in [0.3, 0.4) is 0 Å². The molecule has 0 aliphatic carbocycles. The van der Waals surface area contributed by atoms with Crippen LogP contribution in [0.25, 0.3) is 0 Å². The SMILES string of the molecule is CCCN(CC)CCC(NC)c1ccccc1F. The summed E-state index contributed by atoms with van der Waals surface area (Å²) in [5.74, 6) is -0.115. The molecule has 0 saturated carbocycles. The van der Waals surface area contributed by atoms with Crippen LogP contribution in [-0.2, 0) is 0 Å². The molecule has 1 rings (SSSR count). The molecular weight excluding hydrogens is 227 g/mol. The van der Waals surface area contributed by atoms with Crippen LogP contribution >= 0.6 is 0 Å². The van der Waals surface area contributed by atoms with Crippen molar-refractivity contribution in [2.24, 2.45) is 0 Å². The van der Waals surface area contributed by atoms with Gasteiger partial charge in [0.05, 0.1) is 0 Å². The summed E-state index contributed by atoms with van der Waals surface area (Å²) >= 11 is 0. The van der Waals surface area contributed by atoms with E-state index in [1.807, 2.05) is 19.2 Å². The maximum absolute atomic E-state index is 13.7. The van der Waals surface area contributed by atoms with E-state index < -0.39 is 0 Å². The van der Waals surface area contributed by atoms with E-state index in [9.17, 15) is 4.39 Å². The van der Waals surface area contributed by atoms with Crippen molar-refractivity contribution in [3.05, 3.63) is 35.6 Å². The fourth-order valence-electron chi connectivity index (χ4n) is 2.27. The van der Waals surface area contributed by atoms with Gasteiger partial charge in [-0.15, -0.1) is 0 Å². The van der Waals surface area contributed by atoms with E-state index in [4.69, 9.17) is 0 Å². The fraction of sp³-hybridized carbons (Fsp3) is 0.600. The molecule has 0 spiro atoms. The highest BCUT2D eigenvalue weighted by atomic mass is 19.1. The summed E-state index contributed by atoms with van der Waals surface area (Å²) in [5, 5.41) is 3.21. The van der Waals surface area contributed by atoms with Crippen LogP contribution in [0.15, 0.2) is 24.3 Å². The molecule has 0 bridgehead atoms. The summed E-state index contributed by atoms with van der Waals surface area (Å²) in [6, 6.07) is 7.13. The van der Waals surface area contributed by atoms with Crippen LogP contribution in [0.1, 0.15) is 38.3 Å². The molecule has 0 aliphatic heterocycles. The third-order valence-electron chi connectivity index (χ3n) is 3.35. The smallest absolute Gasteiger partial charge is 0.127 e. The average Bonchev–Trinajstić information content (AvgIpc) is 2.40. The molecule has 0 fully saturated rings. The summed E-state index contributed by atoms with van der Waals surface area (Å²) in [5.41, 5.74) is 0.771. The molecule has 0 saturated heterocycles. The van der Waals surface area contributed by atoms with Crippen molar-refractivity contribution in [2.45, 2.75) is 32.7 Å². The van der Waals surface area contributed by atoms with Crippen molar-refractivity contribution in [1.29, 1.82) is 0 Å². The molecule has 1 aromatic carbocycles. The second-order valence-electron chi connectivity index (χ2n) is 4.59. The third kappa shape index (κ3) is 4.39. The largest absolute Gasteiger partial charge is 0.313 e. The Balaban J connectivity index is 2.60. The van der Waals surface area contributed by atoms with E-state index in [2.05, 4.69) is 24.1 Å². The Morgan fingerprint density at radius 3 is 2.50 bits per heavy atom. The van der Waals surface area contributed by atoms with Crippen LogP contribution in [0, 0.1) is 5.82 Å². The van der Waals surface area contributed by atoms with Gasteiger partial charge in [-0.1, -0.05) is 32.0 Å². The Morgan fingerprint density at radius 1 is 1.22 bits per heavy atom. The number of nitrogens with zero attached hydrogens (tertiary/aromatic N) is 1. The molecule has 102 valence electrons. The van der Waals surface area contributed by atoms with Gasteiger partial charge in [0, 0.05) is 11.6 Å². The van der Waals surface area contributed by atoms with Gasteiger partial charge in [0.2, 0.25) is 0 Å². The van der Waals surface area contributed by atoms with Gasteiger partial charge in [0.1, 0.15) is 5.82 Å². The van der Waals surface area contributed by atoms with E-state index in [0.717, 1.165) is 38.0 Å². The maximum Gasteiger partial charge on any atom is 0.127 e. The van der Waals surface area contributed by atoms with E-state index >= 15 is 0 Å². The summed E-state index contributed by atoms with van der Waals surface area (Å²) in [7, 11) is 1.90. The number of hydrogen-bond acceptors (Lipinski definition) is 2. The molecule has 1 N–H and O–H groups in total. The quantitative estimate of drug-likeness (QED) is 0.764. The molecule has 2 nitrogen and oxygen atoms in total. The van der Waals surface area contributed by atoms with Crippen LogP contribution in [-0.4, -0.2) is 31.6 Å². The van der Waals surface area contributed by atoms with Crippen molar-refractivity contribution in [3.63, 3.8) is 0 Å². The standard InChI is InChI=1S/C15H25FN2/c1-4-11-18(5-2)12-10-15(17-3)13-8-6-7-9-14(13)16/h6-9,15,17H,4-5,10-12H2,1-3H3. The first-order chi connectivity index (χ1) is 8.72. The molecule has 1 atom stereocenters. The lowest BCUT2D eigenvalue weighted by Crippen LogP contribution is -2.29. The second-order valence-corrected chi connectivity index (χ2v) is 4.59. The van der Waals surface area contributed by atoms with Gasteiger partial charge in [-0.2, -0.15) is 0 Å². The highest BCUT2D eigenvalue weighted by Gasteiger charge is 2.14. The van der Waals surface area contributed by atoms with Gasteiger partial charge in [-0.25, -0.2) is 4.39 Å². The lowest BCUT2D eigenvalue weighted by atomic mass is 10.0. The van der Waals surface area contributed by atoms with Crippen molar-refractivity contribution in [2.75, 3.05) is 26.7 Å². The van der Waals surface area contributed by atoms with Crippen molar-refractivity contribution >= 4 is 0 Å². The monoisotopic (exact) mass is 252 g/mol. The van der Waals surface area contributed by atoms with Crippen LogP contribution in [0.5, 0.6) is 0 Å². The molecule has 0 heterocycles. The van der Waals surface area contributed by atoms with E-state index in [1.165, 1.54) is 6.07 Å². The summed E-state index contributed by atoms with van der Waals surface area (Å²) in [4.78, 5) is 2.41. The summed E-state index contributed by atoms with van der Waals surface area (Å²) < 4.78 is 13.7. The van der Waals surface area contributed by atoms with Crippen LogP contribution in [0.2, 0.25) is 0 Å². The van der Waals surface area contributed by atoms with Gasteiger partial charge in [-0.3, -0.25) is 0 Å². The Bertz CT molecular complexity index is 341. The van der Waals surface area contributed by atoms with Crippen LogP contribution < -0.4 is 5.32 Å². The minimum absolute atomic E-state index is 0.0945. The number of benzene rings is 1. The molecule has 18 heavy (non-hydrogen) atoms. The average molecular weight is 252 g/mol. The van der Waals surface area contributed by atoms with Crippen molar-refractivity contribution < 1.29 is 4.39 Å². The Kier molecular flexibility index (Phi) is 6.91. The molecular formula is C15H25FN2. The fourth-order valence-corrected chi connectivity index (χ4v) is 2.27. The van der Waals surface area contributed by atoms with Gasteiger partial charge in [0.15, 0.2) is 0 Å². The van der Waals surface area contributed by atoms with Crippen molar-refractivity contribution in [1.82, 2.24) is 10.2 Å². The minimum atomic E-state index is -0.115. The molecule has 0 aromatic heterocycles. The third-order valence-corrected chi connectivity index (χ3v) is 3.35. The Hall–Kier alpha value is -0.930. The second kappa shape index (κ2) is 8.22. The number of nitrogens with one attached hydrogen (secondary N) is 1. The van der Waals surface area contributed by atoms with E-state index in [-0.39, 0.29) is 11.9 Å². The predicted octanol–water partition coefficient (Wildman–Crippen LogP) is 3.21. The topological polar surface area (TPSA) is 15.3 Å². The number of hydrogen-bond donors (Lipinski definition) is 1. The van der Waals surface area contributed by atoms with Crippen LogP contribution in [0.4, 0.5) is 4.39 Å². The first-order valence-electron chi connectivity index (χ1n) is 6.86. The lowest BCUT2D eigenvalue weighted by molar-refractivity contribution is 0.270. The molecule has 0 aliphatic rings. The Morgan fingerprint density at radius 2 is 1.94 bits per heavy atom. The summed E-state index contributed by atoms with van der Waals surface area (Å²) in [6.07, 6.45) is 2.10. The minimum Gasteiger partial charge on any atom is -0.313 e. The highest BCUT2D eigenvalue weighted by molar-refractivity contribution is 5.21. The predicted molar refractivity (Wildman–Crippen MR) is 75.2 cm³/mol. The highest BCUT2D eigenvalue weighted by Crippen LogP contribution is 2.19. The molecule has 1 unspecified atom stereocenters. The summed E-state index contributed by atoms with van der Waals surface area (Å²) in [6.45, 7) is 7.54. The van der Waals surface area contributed by atoms with Gasteiger partial charge < -0.3 is 10.2 Å². The number of rotatable bonds is 8. The number of halogens is 1. The van der Waals surface area contributed by atoms with Gasteiger partial charge in [0.25, 0.3) is 0 Å². The zero-order chi connectivity index (χ0) is 13.4. The van der Waals surface area contributed by atoms with Gasteiger partial charge >= 0.3 is 0 Å². The molecule has 0 radical (unpaired) electrons. The van der Waals surface area contributed by atoms with Gasteiger partial charge in [-0.05, 0) is 45.6 Å². The lowest BCUT2D eigenvalue weighted by Gasteiger charge is -2.23. The van der Waals surface area contributed by atoms with E-state index in [1.54, 1.807) is 6.07 Å². The zero-order valence-electron chi connectivity index (χ0n) is 11.7. The normalized spacial score (nSPS) is 12.9. The molecule has 1 aromatic rings. The molecule has 3 heteroatoms. The first kappa shape index (κ1) is 15.1. The Labute approximate surface area is 110 Å². The zero-order valence-corrected chi connectivity index (χ0v) is 11.7. The first-order valence-corrected chi connectivity index (χ1v) is 6.86.